The standard InChI is InChI=1S/C22H16Cl4F7NO2S/c1-10(8-37(36)9-21(28,29)30)34-20(35)13-3-2-11(4-15(13)23)18(27)7-14(22(31,32)33)12-5-16(24)19(26)17(25)6-12/h2-7,10,14H,8-9H2,1H3,(H,34,35)/b18-7-. The summed E-state index contributed by atoms with van der Waals surface area (Å²) in [5.41, 5.74) is -1.09. The number of halogens is 11. The second kappa shape index (κ2) is 12.7. The average Bonchev–Trinajstić information content (AvgIpc) is 2.72. The normalized spacial score (nSPS) is 15.3. The predicted molar refractivity (Wildman–Crippen MR) is 132 cm³/mol. The zero-order chi connectivity index (χ0) is 28.3. The lowest BCUT2D eigenvalue weighted by Crippen LogP contribution is -2.39. The number of rotatable bonds is 8. The van der Waals surface area contributed by atoms with Gasteiger partial charge in [0.15, 0.2) is 0 Å². The van der Waals surface area contributed by atoms with Gasteiger partial charge in [0.05, 0.1) is 31.7 Å². The zero-order valence-electron chi connectivity index (χ0n) is 18.4. The summed E-state index contributed by atoms with van der Waals surface area (Å²) >= 11 is 21.1. The molecule has 2 aromatic rings. The van der Waals surface area contributed by atoms with E-state index in [-0.39, 0.29) is 37.3 Å². The van der Waals surface area contributed by atoms with Crippen LogP contribution in [0.1, 0.15) is 34.3 Å². The molecule has 0 aliphatic rings. The molecule has 0 saturated heterocycles. The third-order valence-electron chi connectivity index (χ3n) is 4.66. The van der Waals surface area contributed by atoms with Gasteiger partial charge in [0.25, 0.3) is 5.91 Å². The maximum absolute atomic E-state index is 14.9. The van der Waals surface area contributed by atoms with Gasteiger partial charge < -0.3 is 9.87 Å². The summed E-state index contributed by atoms with van der Waals surface area (Å²) in [6.45, 7) is 1.32. The number of amides is 1. The van der Waals surface area contributed by atoms with E-state index in [0.717, 1.165) is 30.3 Å². The van der Waals surface area contributed by atoms with Crippen molar-refractivity contribution in [2.75, 3.05) is 11.5 Å². The Kier molecular flexibility index (Phi) is 10.9. The van der Waals surface area contributed by atoms with Crippen LogP contribution < -0.4 is 5.32 Å². The van der Waals surface area contributed by atoms with E-state index < -0.39 is 64.3 Å². The first-order chi connectivity index (χ1) is 16.9. The van der Waals surface area contributed by atoms with Crippen LogP contribution in [0.15, 0.2) is 36.4 Å². The fourth-order valence-corrected chi connectivity index (χ4v) is 5.09. The van der Waals surface area contributed by atoms with Gasteiger partial charge in [-0.05, 0) is 54.0 Å². The molecule has 2 rings (SSSR count). The molecule has 3 atom stereocenters. The van der Waals surface area contributed by atoms with Gasteiger partial charge in [-0.2, -0.15) is 26.3 Å². The molecule has 0 aliphatic carbocycles. The largest absolute Gasteiger partial charge is 0.616 e. The smallest absolute Gasteiger partial charge is 0.433 e. The molecule has 1 N–H and O–H groups in total. The Morgan fingerprint density at radius 1 is 1.03 bits per heavy atom. The molecule has 0 spiro atoms. The molecule has 2 aromatic carbocycles. The van der Waals surface area contributed by atoms with Crippen molar-refractivity contribution in [3.05, 3.63) is 73.2 Å². The predicted octanol–water partition coefficient (Wildman–Crippen LogP) is 8.39. The summed E-state index contributed by atoms with van der Waals surface area (Å²) in [5, 5.41) is 1.28. The fourth-order valence-electron chi connectivity index (χ4n) is 3.09. The molecule has 204 valence electrons. The van der Waals surface area contributed by atoms with Crippen molar-refractivity contribution in [1.82, 2.24) is 5.32 Å². The van der Waals surface area contributed by atoms with Gasteiger partial charge in [-0.25, -0.2) is 4.39 Å². The Bertz CT molecular complexity index is 1150. The minimum atomic E-state index is -4.94. The number of carbonyl (C=O) groups is 1. The minimum absolute atomic E-state index is 0.168. The fraction of sp³-hybridized carbons (Fsp3) is 0.318. The van der Waals surface area contributed by atoms with E-state index in [1.54, 1.807) is 0 Å². The SMILES string of the molecule is CC(C[S+]([O-])CC(F)(F)F)NC(=O)c1ccc(/C(F)=C/C(c2cc(Cl)c(Cl)c(Cl)c2)C(F)(F)F)cc1Cl. The molecular formula is C22H16Cl4F7NO2S. The van der Waals surface area contributed by atoms with E-state index in [1.165, 1.54) is 6.92 Å². The lowest BCUT2D eigenvalue weighted by atomic mass is 9.96. The summed E-state index contributed by atoms with van der Waals surface area (Å²) in [6.07, 6.45) is -9.30. The van der Waals surface area contributed by atoms with Crippen LogP contribution in [0.5, 0.6) is 0 Å². The number of carbonyl (C=O) groups excluding carboxylic acids is 1. The summed E-state index contributed by atoms with van der Waals surface area (Å²) in [7, 11) is 0. The van der Waals surface area contributed by atoms with Crippen LogP contribution in [0.2, 0.25) is 20.1 Å². The Balaban J connectivity index is 2.25. The highest BCUT2D eigenvalue weighted by Crippen LogP contribution is 2.42. The van der Waals surface area contributed by atoms with Gasteiger partial charge in [0.1, 0.15) is 17.5 Å². The number of hydrogen-bond donors (Lipinski definition) is 1. The second-order valence-corrected chi connectivity index (χ2v) is 10.9. The van der Waals surface area contributed by atoms with E-state index in [9.17, 15) is 40.1 Å². The van der Waals surface area contributed by atoms with E-state index in [4.69, 9.17) is 46.4 Å². The quantitative estimate of drug-likeness (QED) is 0.181. The molecule has 0 fully saturated rings. The van der Waals surface area contributed by atoms with Crippen LogP contribution in [-0.2, 0) is 11.2 Å². The molecule has 0 aromatic heterocycles. The lowest BCUT2D eigenvalue weighted by Gasteiger charge is -2.19. The number of hydrogen-bond acceptors (Lipinski definition) is 2. The first kappa shape index (κ1) is 31.8. The van der Waals surface area contributed by atoms with Crippen molar-refractivity contribution in [2.45, 2.75) is 31.2 Å². The number of alkyl halides is 6. The molecular weight excluding hydrogens is 617 g/mol. The van der Waals surface area contributed by atoms with Crippen LogP contribution in [-0.4, -0.2) is 40.4 Å². The van der Waals surface area contributed by atoms with E-state index in [2.05, 4.69) is 5.32 Å². The van der Waals surface area contributed by atoms with Gasteiger partial charge in [0.2, 0.25) is 5.75 Å². The molecule has 0 bridgehead atoms. The van der Waals surface area contributed by atoms with Crippen molar-refractivity contribution < 1.29 is 40.1 Å². The molecule has 15 heteroatoms. The van der Waals surface area contributed by atoms with Gasteiger partial charge >= 0.3 is 12.4 Å². The number of allylic oxidation sites excluding steroid dienone is 1. The highest BCUT2D eigenvalue weighted by molar-refractivity contribution is 7.91. The van der Waals surface area contributed by atoms with Crippen LogP contribution in [0.3, 0.4) is 0 Å². The monoisotopic (exact) mass is 631 g/mol. The van der Waals surface area contributed by atoms with E-state index in [1.807, 2.05) is 0 Å². The topological polar surface area (TPSA) is 52.2 Å². The average molecular weight is 633 g/mol. The Morgan fingerprint density at radius 2 is 1.59 bits per heavy atom. The summed E-state index contributed by atoms with van der Waals surface area (Å²) in [6, 6.07) is 3.80. The van der Waals surface area contributed by atoms with E-state index in [0.29, 0.717) is 0 Å². The molecule has 37 heavy (non-hydrogen) atoms. The summed E-state index contributed by atoms with van der Waals surface area (Å²) in [4.78, 5) is 12.4. The first-order valence-corrected chi connectivity index (χ1v) is 13.0. The molecule has 0 saturated carbocycles. The van der Waals surface area contributed by atoms with Crippen molar-refractivity contribution in [3.63, 3.8) is 0 Å². The Morgan fingerprint density at radius 3 is 2.08 bits per heavy atom. The summed E-state index contributed by atoms with van der Waals surface area (Å²) < 4.78 is 104. The van der Waals surface area contributed by atoms with Crippen LogP contribution >= 0.6 is 46.4 Å². The molecule has 1 amide bonds. The maximum Gasteiger partial charge on any atom is 0.433 e. The van der Waals surface area contributed by atoms with Crippen LogP contribution in [0.25, 0.3) is 5.83 Å². The van der Waals surface area contributed by atoms with E-state index >= 15 is 0 Å². The van der Waals surface area contributed by atoms with Gasteiger partial charge in [-0.1, -0.05) is 52.5 Å². The van der Waals surface area contributed by atoms with Crippen molar-refractivity contribution >= 4 is 69.3 Å². The third kappa shape index (κ3) is 9.40. The molecule has 3 unspecified atom stereocenters. The van der Waals surface area contributed by atoms with Crippen LogP contribution in [0, 0.1) is 0 Å². The molecule has 0 heterocycles. The van der Waals surface area contributed by atoms with Crippen molar-refractivity contribution in [2.24, 2.45) is 0 Å². The number of benzene rings is 2. The second-order valence-electron chi connectivity index (χ2n) is 7.77. The Hall–Kier alpha value is -1.37. The Labute approximate surface area is 230 Å². The van der Waals surface area contributed by atoms with Crippen molar-refractivity contribution in [1.29, 1.82) is 0 Å². The highest BCUT2D eigenvalue weighted by Gasteiger charge is 2.40. The molecule has 0 radical (unpaired) electrons. The lowest BCUT2D eigenvalue weighted by molar-refractivity contribution is -0.139. The molecule has 0 aliphatic heterocycles. The van der Waals surface area contributed by atoms with Gasteiger partial charge in [-0.15, -0.1) is 0 Å². The maximum atomic E-state index is 14.9. The van der Waals surface area contributed by atoms with Crippen molar-refractivity contribution in [3.8, 4) is 0 Å². The summed E-state index contributed by atoms with van der Waals surface area (Å²) in [5.74, 6) is -6.68. The minimum Gasteiger partial charge on any atom is -0.616 e. The first-order valence-electron chi connectivity index (χ1n) is 10.00. The zero-order valence-corrected chi connectivity index (χ0v) is 22.3. The third-order valence-corrected chi connectivity index (χ3v) is 7.69. The van der Waals surface area contributed by atoms with Crippen LogP contribution in [0.4, 0.5) is 30.7 Å². The number of nitrogens with one attached hydrogen (secondary N) is 1. The van der Waals surface area contributed by atoms with Gasteiger partial charge in [0, 0.05) is 5.56 Å². The molecule has 3 nitrogen and oxygen atoms in total. The van der Waals surface area contributed by atoms with Gasteiger partial charge in [-0.3, -0.25) is 4.79 Å². The highest BCUT2D eigenvalue weighted by atomic mass is 35.5.